The van der Waals surface area contributed by atoms with Crippen molar-refractivity contribution in [2.24, 2.45) is 5.73 Å². The molecule has 0 aliphatic carbocycles. The third kappa shape index (κ3) is 2.54. The van der Waals surface area contributed by atoms with E-state index in [2.05, 4.69) is 49.5 Å². The van der Waals surface area contributed by atoms with E-state index >= 15 is 0 Å². The highest BCUT2D eigenvalue weighted by atomic mass is 14.8. The SMILES string of the molecule is CNc1cccc(C(N)c2ccc(C)cc2C)c1. The Morgan fingerprint density at radius 1 is 1.06 bits per heavy atom. The van der Waals surface area contributed by atoms with Crippen LogP contribution >= 0.6 is 0 Å². The second kappa shape index (κ2) is 5.23. The molecule has 2 aromatic carbocycles. The topological polar surface area (TPSA) is 38.0 Å². The van der Waals surface area contributed by atoms with Crippen LogP contribution in [0.25, 0.3) is 0 Å². The number of aryl methyl sites for hydroxylation is 2. The molecule has 1 unspecified atom stereocenters. The van der Waals surface area contributed by atoms with Gasteiger partial charge in [0.1, 0.15) is 0 Å². The molecule has 0 amide bonds. The van der Waals surface area contributed by atoms with Crippen molar-refractivity contribution in [3.63, 3.8) is 0 Å². The van der Waals surface area contributed by atoms with Crippen molar-refractivity contribution in [3.8, 4) is 0 Å². The monoisotopic (exact) mass is 240 g/mol. The second-order valence-corrected chi connectivity index (χ2v) is 4.71. The lowest BCUT2D eigenvalue weighted by molar-refractivity contribution is 0.861. The average molecular weight is 240 g/mol. The van der Waals surface area contributed by atoms with Crippen LogP contribution in [-0.2, 0) is 0 Å². The number of anilines is 1. The molecule has 1 atom stereocenters. The highest BCUT2D eigenvalue weighted by Gasteiger charge is 2.11. The van der Waals surface area contributed by atoms with Gasteiger partial charge < -0.3 is 11.1 Å². The van der Waals surface area contributed by atoms with Crippen molar-refractivity contribution in [1.82, 2.24) is 0 Å². The van der Waals surface area contributed by atoms with Crippen LogP contribution in [0.15, 0.2) is 42.5 Å². The quantitative estimate of drug-likeness (QED) is 0.863. The van der Waals surface area contributed by atoms with Crippen molar-refractivity contribution in [3.05, 3.63) is 64.7 Å². The first-order valence-corrected chi connectivity index (χ1v) is 6.22. The molecule has 0 spiro atoms. The normalized spacial score (nSPS) is 12.2. The van der Waals surface area contributed by atoms with Crippen LogP contribution in [0.1, 0.15) is 28.3 Å². The molecule has 0 heterocycles. The van der Waals surface area contributed by atoms with Crippen LogP contribution in [-0.4, -0.2) is 7.05 Å². The van der Waals surface area contributed by atoms with Crippen LogP contribution in [0, 0.1) is 13.8 Å². The highest BCUT2D eigenvalue weighted by molar-refractivity contribution is 5.48. The van der Waals surface area contributed by atoms with Crippen LogP contribution < -0.4 is 11.1 Å². The second-order valence-electron chi connectivity index (χ2n) is 4.71. The molecule has 0 saturated heterocycles. The van der Waals surface area contributed by atoms with Crippen LogP contribution in [0.2, 0.25) is 0 Å². The molecule has 0 aliphatic rings. The molecule has 2 nitrogen and oxygen atoms in total. The Balaban J connectivity index is 2.37. The van der Waals surface area contributed by atoms with E-state index in [9.17, 15) is 0 Å². The fourth-order valence-electron chi connectivity index (χ4n) is 2.24. The van der Waals surface area contributed by atoms with E-state index in [4.69, 9.17) is 5.73 Å². The molecule has 94 valence electrons. The third-order valence-electron chi connectivity index (χ3n) is 3.29. The summed E-state index contributed by atoms with van der Waals surface area (Å²) in [6.45, 7) is 4.22. The molecule has 2 heteroatoms. The number of nitrogens with two attached hydrogens (primary N) is 1. The summed E-state index contributed by atoms with van der Waals surface area (Å²) in [5, 5.41) is 3.14. The summed E-state index contributed by atoms with van der Waals surface area (Å²) >= 11 is 0. The smallest absolute Gasteiger partial charge is 0.0555 e. The summed E-state index contributed by atoms with van der Waals surface area (Å²) in [6.07, 6.45) is 0. The molecular weight excluding hydrogens is 220 g/mol. The maximum Gasteiger partial charge on any atom is 0.0555 e. The molecular formula is C16H20N2. The Morgan fingerprint density at radius 2 is 1.83 bits per heavy atom. The number of hydrogen-bond acceptors (Lipinski definition) is 2. The van der Waals surface area contributed by atoms with Gasteiger partial charge in [-0.1, -0.05) is 35.9 Å². The number of rotatable bonds is 3. The zero-order valence-corrected chi connectivity index (χ0v) is 11.2. The maximum absolute atomic E-state index is 6.36. The summed E-state index contributed by atoms with van der Waals surface area (Å²) < 4.78 is 0. The molecule has 3 N–H and O–H groups in total. The molecule has 0 radical (unpaired) electrons. The Hall–Kier alpha value is -1.80. The minimum atomic E-state index is -0.0705. The van der Waals surface area contributed by atoms with Crippen molar-refractivity contribution >= 4 is 5.69 Å². The summed E-state index contributed by atoms with van der Waals surface area (Å²) in [7, 11) is 1.92. The van der Waals surface area contributed by atoms with E-state index in [0.717, 1.165) is 11.3 Å². The number of nitrogens with one attached hydrogen (secondary N) is 1. The summed E-state index contributed by atoms with van der Waals surface area (Å²) in [4.78, 5) is 0. The standard InChI is InChI=1S/C16H20N2/c1-11-7-8-15(12(2)9-11)16(17)13-5-4-6-14(10-13)18-3/h4-10,16,18H,17H2,1-3H3. The lowest BCUT2D eigenvalue weighted by atomic mass is 9.94. The number of hydrogen-bond donors (Lipinski definition) is 2. The predicted molar refractivity (Wildman–Crippen MR) is 77.9 cm³/mol. The van der Waals surface area contributed by atoms with Gasteiger partial charge in [-0.15, -0.1) is 0 Å². The lowest BCUT2D eigenvalue weighted by Crippen LogP contribution is -2.13. The molecule has 2 rings (SSSR count). The largest absolute Gasteiger partial charge is 0.388 e. The van der Waals surface area contributed by atoms with Crippen molar-refractivity contribution in [2.75, 3.05) is 12.4 Å². The summed E-state index contributed by atoms with van der Waals surface area (Å²) in [6, 6.07) is 14.6. The van der Waals surface area contributed by atoms with E-state index in [1.807, 2.05) is 19.2 Å². The van der Waals surface area contributed by atoms with Gasteiger partial charge in [0.15, 0.2) is 0 Å². The third-order valence-corrected chi connectivity index (χ3v) is 3.29. The Morgan fingerprint density at radius 3 is 2.50 bits per heavy atom. The number of benzene rings is 2. The zero-order chi connectivity index (χ0) is 13.1. The lowest BCUT2D eigenvalue weighted by Gasteiger charge is -2.16. The zero-order valence-electron chi connectivity index (χ0n) is 11.2. The fraction of sp³-hybridized carbons (Fsp3) is 0.250. The molecule has 2 aromatic rings. The van der Waals surface area contributed by atoms with Gasteiger partial charge in [0.05, 0.1) is 6.04 Å². The first-order chi connectivity index (χ1) is 8.61. The van der Waals surface area contributed by atoms with Gasteiger partial charge in [0.25, 0.3) is 0 Å². The van der Waals surface area contributed by atoms with Crippen LogP contribution in [0.4, 0.5) is 5.69 Å². The van der Waals surface area contributed by atoms with E-state index in [1.54, 1.807) is 0 Å². The van der Waals surface area contributed by atoms with Crippen LogP contribution in [0.5, 0.6) is 0 Å². The van der Waals surface area contributed by atoms with Crippen molar-refractivity contribution < 1.29 is 0 Å². The van der Waals surface area contributed by atoms with Gasteiger partial charge in [-0.25, -0.2) is 0 Å². The van der Waals surface area contributed by atoms with Gasteiger partial charge >= 0.3 is 0 Å². The van der Waals surface area contributed by atoms with Crippen LogP contribution in [0.3, 0.4) is 0 Å². The van der Waals surface area contributed by atoms with E-state index in [1.165, 1.54) is 16.7 Å². The molecule has 0 saturated carbocycles. The van der Waals surface area contributed by atoms with E-state index in [0.29, 0.717) is 0 Å². The molecule has 0 aliphatic heterocycles. The maximum atomic E-state index is 6.36. The first-order valence-electron chi connectivity index (χ1n) is 6.22. The van der Waals surface area contributed by atoms with Crippen molar-refractivity contribution in [2.45, 2.75) is 19.9 Å². The Kier molecular flexibility index (Phi) is 3.68. The molecule has 0 fully saturated rings. The van der Waals surface area contributed by atoms with E-state index in [-0.39, 0.29) is 6.04 Å². The minimum absolute atomic E-state index is 0.0705. The summed E-state index contributed by atoms with van der Waals surface area (Å²) in [5.74, 6) is 0. The van der Waals surface area contributed by atoms with Gasteiger partial charge in [0, 0.05) is 12.7 Å². The minimum Gasteiger partial charge on any atom is -0.388 e. The van der Waals surface area contributed by atoms with Crippen molar-refractivity contribution in [1.29, 1.82) is 0 Å². The predicted octanol–water partition coefficient (Wildman–Crippen LogP) is 3.39. The molecule has 18 heavy (non-hydrogen) atoms. The molecule has 0 aromatic heterocycles. The summed E-state index contributed by atoms with van der Waals surface area (Å²) in [5.41, 5.74) is 12.3. The van der Waals surface area contributed by atoms with E-state index < -0.39 is 0 Å². The fourth-order valence-corrected chi connectivity index (χ4v) is 2.24. The van der Waals surface area contributed by atoms with Gasteiger partial charge in [-0.05, 0) is 42.7 Å². The Bertz CT molecular complexity index is 547. The van der Waals surface area contributed by atoms with Gasteiger partial charge in [-0.2, -0.15) is 0 Å². The van der Waals surface area contributed by atoms with Gasteiger partial charge in [0.2, 0.25) is 0 Å². The average Bonchev–Trinajstić information content (AvgIpc) is 2.38. The Labute approximate surface area is 109 Å². The highest BCUT2D eigenvalue weighted by Crippen LogP contribution is 2.25. The first kappa shape index (κ1) is 12.7. The molecule has 0 bridgehead atoms. The van der Waals surface area contributed by atoms with Gasteiger partial charge in [-0.3, -0.25) is 0 Å².